The van der Waals surface area contributed by atoms with Crippen LogP contribution in [0.5, 0.6) is 5.88 Å². The SMILES string of the molecule is COc1nc(C(F)F)cc(C)c1C(=O)Cl. The van der Waals surface area contributed by atoms with Crippen LogP contribution in [0, 0.1) is 6.92 Å². The van der Waals surface area contributed by atoms with E-state index in [2.05, 4.69) is 4.98 Å². The van der Waals surface area contributed by atoms with Crippen molar-refractivity contribution in [2.45, 2.75) is 13.3 Å². The molecule has 0 bridgehead atoms. The molecule has 0 aromatic carbocycles. The Morgan fingerprint density at radius 2 is 2.20 bits per heavy atom. The summed E-state index contributed by atoms with van der Waals surface area (Å²) in [6.45, 7) is 1.49. The maximum atomic E-state index is 12.4. The molecule has 0 aliphatic carbocycles. The second kappa shape index (κ2) is 4.53. The number of rotatable bonds is 3. The van der Waals surface area contributed by atoms with E-state index in [1.165, 1.54) is 14.0 Å². The monoisotopic (exact) mass is 235 g/mol. The molecule has 0 unspecified atom stereocenters. The normalized spacial score (nSPS) is 10.5. The van der Waals surface area contributed by atoms with Crippen molar-refractivity contribution in [1.82, 2.24) is 4.98 Å². The largest absolute Gasteiger partial charge is 0.480 e. The van der Waals surface area contributed by atoms with Crippen molar-refractivity contribution in [1.29, 1.82) is 0 Å². The summed E-state index contributed by atoms with van der Waals surface area (Å²) in [7, 11) is 1.24. The molecule has 0 atom stereocenters. The molecule has 1 aromatic heterocycles. The Morgan fingerprint density at radius 3 is 2.60 bits per heavy atom. The molecule has 6 heteroatoms. The lowest BCUT2D eigenvalue weighted by Crippen LogP contribution is -2.04. The number of hydrogen-bond acceptors (Lipinski definition) is 3. The Kier molecular flexibility index (Phi) is 3.57. The molecule has 82 valence electrons. The molecular weight excluding hydrogens is 228 g/mol. The predicted molar refractivity (Wildman–Crippen MR) is 50.7 cm³/mol. The van der Waals surface area contributed by atoms with E-state index >= 15 is 0 Å². The van der Waals surface area contributed by atoms with Gasteiger partial charge in [0.15, 0.2) is 0 Å². The number of aryl methyl sites for hydroxylation is 1. The van der Waals surface area contributed by atoms with Crippen LogP contribution in [0.3, 0.4) is 0 Å². The Hall–Kier alpha value is -1.23. The van der Waals surface area contributed by atoms with Crippen molar-refractivity contribution in [3.05, 3.63) is 22.9 Å². The van der Waals surface area contributed by atoms with E-state index in [0.717, 1.165) is 6.07 Å². The molecule has 1 heterocycles. The van der Waals surface area contributed by atoms with Gasteiger partial charge < -0.3 is 4.74 Å². The molecule has 0 saturated heterocycles. The number of hydrogen-bond donors (Lipinski definition) is 0. The van der Waals surface area contributed by atoms with Gasteiger partial charge in [-0.1, -0.05) is 0 Å². The fourth-order valence-corrected chi connectivity index (χ4v) is 1.40. The van der Waals surface area contributed by atoms with Crippen LogP contribution in [-0.4, -0.2) is 17.3 Å². The second-order valence-electron chi connectivity index (χ2n) is 2.82. The molecular formula is C9H8ClF2NO2. The lowest BCUT2D eigenvalue weighted by molar-refractivity contribution is 0.107. The van der Waals surface area contributed by atoms with E-state index in [9.17, 15) is 13.6 Å². The van der Waals surface area contributed by atoms with Crippen molar-refractivity contribution in [2.75, 3.05) is 7.11 Å². The fraction of sp³-hybridized carbons (Fsp3) is 0.333. The summed E-state index contributed by atoms with van der Waals surface area (Å²) in [5.41, 5.74) is -0.105. The lowest BCUT2D eigenvalue weighted by Gasteiger charge is -2.09. The zero-order valence-corrected chi connectivity index (χ0v) is 8.81. The van der Waals surface area contributed by atoms with E-state index in [1.807, 2.05) is 0 Å². The predicted octanol–water partition coefficient (Wildman–Crippen LogP) is 2.72. The average molecular weight is 236 g/mol. The molecule has 0 amide bonds. The minimum absolute atomic E-state index is 0.0172. The van der Waals surface area contributed by atoms with Crippen LogP contribution in [0.15, 0.2) is 6.07 Å². The van der Waals surface area contributed by atoms with E-state index in [0.29, 0.717) is 5.56 Å². The second-order valence-corrected chi connectivity index (χ2v) is 3.17. The molecule has 0 spiro atoms. The highest BCUT2D eigenvalue weighted by Crippen LogP contribution is 2.26. The number of methoxy groups -OCH3 is 1. The minimum atomic E-state index is -2.71. The first-order valence-corrected chi connectivity index (χ1v) is 4.38. The van der Waals surface area contributed by atoms with Gasteiger partial charge in [0.25, 0.3) is 11.7 Å². The first kappa shape index (κ1) is 11.8. The summed E-state index contributed by atoms with van der Waals surface area (Å²) in [4.78, 5) is 14.5. The van der Waals surface area contributed by atoms with Crippen molar-refractivity contribution in [2.24, 2.45) is 0 Å². The number of nitrogens with zero attached hydrogens (tertiary/aromatic N) is 1. The topological polar surface area (TPSA) is 39.2 Å². The number of ether oxygens (including phenoxy) is 1. The van der Waals surface area contributed by atoms with Gasteiger partial charge in [0.1, 0.15) is 5.69 Å². The zero-order valence-electron chi connectivity index (χ0n) is 8.05. The highest BCUT2D eigenvalue weighted by molar-refractivity contribution is 6.68. The number of aromatic nitrogens is 1. The lowest BCUT2D eigenvalue weighted by atomic mass is 10.1. The fourth-order valence-electron chi connectivity index (χ4n) is 1.17. The van der Waals surface area contributed by atoms with Crippen LogP contribution in [0.4, 0.5) is 8.78 Å². The third-order valence-corrected chi connectivity index (χ3v) is 2.01. The molecule has 0 fully saturated rings. The number of alkyl halides is 2. The Bertz CT molecular complexity index is 396. The first-order chi connectivity index (χ1) is 6.97. The number of carbonyl (C=O) groups is 1. The molecule has 1 aromatic rings. The van der Waals surface area contributed by atoms with Gasteiger partial charge in [-0.05, 0) is 30.2 Å². The van der Waals surface area contributed by atoms with Gasteiger partial charge in [-0.2, -0.15) is 0 Å². The number of halogens is 3. The van der Waals surface area contributed by atoms with Crippen molar-refractivity contribution in [3.8, 4) is 5.88 Å². The maximum absolute atomic E-state index is 12.4. The summed E-state index contributed by atoms with van der Waals surface area (Å²) >= 11 is 5.28. The highest BCUT2D eigenvalue weighted by Gasteiger charge is 2.19. The molecule has 0 radical (unpaired) electrons. The standard InChI is InChI=1S/C9H8ClF2NO2/c1-4-3-5(8(11)12)13-9(15-2)6(4)7(10)14/h3,8H,1-2H3. The van der Waals surface area contributed by atoms with Gasteiger partial charge in [0.05, 0.1) is 12.7 Å². The molecule has 1 rings (SSSR count). The van der Waals surface area contributed by atoms with E-state index < -0.39 is 17.4 Å². The maximum Gasteiger partial charge on any atom is 0.280 e. The van der Waals surface area contributed by atoms with Crippen LogP contribution in [0.2, 0.25) is 0 Å². The van der Waals surface area contributed by atoms with Crippen LogP contribution in [0.25, 0.3) is 0 Å². The van der Waals surface area contributed by atoms with E-state index in [4.69, 9.17) is 16.3 Å². The van der Waals surface area contributed by atoms with Crippen LogP contribution >= 0.6 is 11.6 Å². The highest BCUT2D eigenvalue weighted by atomic mass is 35.5. The Morgan fingerprint density at radius 1 is 1.60 bits per heavy atom. The van der Waals surface area contributed by atoms with Crippen molar-refractivity contribution in [3.63, 3.8) is 0 Å². The smallest absolute Gasteiger partial charge is 0.280 e. The summed E-state index contributed by atoms with van der Waals surface area (Å²) in [5, 5.41) is -0.780. The third-order valence-electron chi connectivity index (χ3n) is 1.82. The van der Waals surface area contributed by atoms with E-state index in [1.54, 1.807) is 0 Å². The number of pyridine rings is 1. The van der Waals surface area contributed by atoms with Crippen LogP contribution in [-0.2, 0) is 0 Å². The average Bonchev–Trinajstić information content (AvgIpc) is 2.15. The van der Waals surface area contributed by atoms with Crippen molar-refractivity contribution < 1.29 is 18.3 Å². The summed E-state index contributed by atoms with van der Waals surface area (Å²) < 4.78 is 29.4. The minimum Gasteiger partial charge on any atom is -0.480 e. The van der Waals surface area contributed by atoms with Gasteiger partial charge in [0.2, 0.25) is 5.88 Å². The van der Waals surface area contributed by atoms with Gasteiger partial charge in [-0.3, -0.25) is 4.79 Å². The van der Waals surface area contributed by atoms with Crippen molar-refractivity contribution >= 4 is 16.8 Å². The molecule has 3 nitrogen and oxygen atoms in total. The molecule has 0 aliphatic rings. The number of carbonyl (C=O) groups excluding carboxylic acids is 1. The summed E-state index contributed by atoms with van der Waals surface area (Å²) in [6.07, 6.45) is -2.71. The zero-order chi connectivity index (χ0) is 11.6. The van der Waals surface area contributed by atoms with Gasteiger partial charge >= 0.3 is 0 Å². The van der Waals surface area contributed by atoms with Crippen LogP contribution < -0.4 is 4.74 Å². The molecule has 0 saturated carbocycles. The Balaban J connectivity index is 3.37. The molecule has 0 N–H and O–H groups in total. The molecule has 0 aliphatic heterocycles. The first-order valence-electron chi connectivity index (χ1n) is 4.01. The summed E-state index contributed by atoms with van der Waals surface area (Å²) in [6, 6.07) is 1.11. The van der Waals surface area contributed by atoms with Gasteiger partial charge in [0, 0.05) is 0 Å². The van der Waals surface area contributed by atoms with Crippen LogP contribution in [0.1, 0.15) is 28.0 Å². The van der Waals surface area contributed by atoms with Gasteiger partial charge in [-0.25, -0.2) is 13.8 Å². The van der Waals surface area contributed by atoms with E-state index in [-0.39, 0.29) is 11.4 Å². The molecule has 15 heavy (non-hydrogen) atoms. The van der Waals surface area contributed by atoms with Gasteiger partial charge in [-0.15, -0.1) is 0 Å². The third kappa shape index (κ3) is 2.41. The quantitative estimate of drug-likeness (QED) is 0.756. The summed E-state index contributed by atoms with van der Waals surface area (Å²) in [5.74, 6) is -0.176. The Labute approximate surface area is 90.0 Å².